The van der Waals surface area contributed by atoms with Gasteiger partial charge in [-0.3, -0.25) is 0 Å². The van der Waals surface area contributed by atoms with Gasteiger partial charge < -0.3 is 24.3 Å². The van der Waals surface area contributed by atoms with E-state index in [1.165, 1.54) is 11.1 Å². The van der Waals surface area contributed by atoms with Crippen LogP contribution < -0.4 is 24.3 Å². The van der Waals surface area contributed by atoms with Crippen molar-refractivity contribution in [1.82, 2.24) is 0 Å². The van der Waals surface area contributed by atoms with E-state index in [9.17, 15) is 0 Å². The van der Waals surface area contributed by atoms with Crippen molar-refractivity contribution >= 4 is 5.69 Å². The Morgan fingerprint density at radius 3 is 2.37 bits per heavy atom. The number of ether oxygens (including phenoxy) is 4. The predicted molar refractivity (Wildman–Crippen MR) is 139 cm³/mol. The summed E-state index contributed by atoms with van der Waals surface area (Å²) >= 11 is 0. The number of rotatable bonds is 9. The molecule has 1 N–H and O–H groups in total. The lowest BCUT2D eigenvalue weighted by Crippen LogP contribution is -2.29. The average Bonchev–Trinajstić information content (AvgIpc) is 3.41. The van der Waals surface area contributed by atoms with Crippen molar-refractivity contribution in [3.8, 4) is 23.0 Å². The molecule has 0 saturated carbocycles. The molecule has 3 aromatic carbocycles. The Balaban J connectivity index is 1.34. The lowest BCUT2D eigenvalue weighted by Gasteiger charge is -2.38. The Labute approximate surface area is 207 Å². The summed E-state index contributed by atoms with van der Waals surface area (Å²) in [7, 11) is 4.95. The second-order valence-corrected chi connectivity index (χ2v) is 9.12. The first-order valence-electron chi connectivity index (χ1n) is 12.3. The molecule has 5 nitrogen and oxygen atoms in total. The maximum atomic E-state index is 6.14. The molecule has 3 unspecified atom stereocenters. The molecule has 0 bridgehead atoms. The largest absolute Gasteiger partial charge is 0.494 e. The molecule has 182 valence electrons. The predicted octanol–water partition coefficient (Wildman–Crippen LogP) is 6.55. The molecule has 3 aromatic rings. The minimum atomic E-state index is 0.133. The van der Waals surface area contributed by atoms with Crippen LogP contribution >= 0.6 is 0 Å². The molecule has 0 saturated heterocycles. The summed E-state index contributed by atoms with van der Waals surface area (Å²) in [5, 5.41) is 3.79. The first-order valence-corrected chi connectivity index (χ1v) is 12.3. The van der Waals surface area contributed by atoms with Crippen LogP contribution in [0.25, 0.3) is 0 Å². The van der Waals surface area contributed by atoms with Crippen molar-refractivity contribution in [2.24, 2.45) is 5.92 Å². The zero-order valence-corrected chi connectivity index (χ0v) is 20.6. The third-order valence-corrected chi connectivity index (χ3v) is 7.10. The van der Waals surface area contributed by atoms with Crippen molar-refractivity contribution in [1.29, 1.82) is 0 Å². The highest BCUT2D eigenvalue weighted by Gasteiger charge is 2.38. The number of aryl methyl sites for hydroxylation is 1. The van der Waals surface area contributed by atoms with E-state index >= 15 is 0 Å². The molecule has 2 aliphatic rings. The lowest BCUT2D eigenvalue weighted by molar-refractivity contribution is 0.310. The van der Waals surface area contributed by atoms with Crippen molar-refractivity contribution in [2.45, 2.75) is 31.2 Å². The fourth-order valence-electron chi connectivity index (χ4n) is 5.38. The zero-order chi connectivity index (χ0) is 24.2. The van der Waals surface area contributed by atoms with Gasteiger partial charge in [-0.25, -0.2) is 0 Å². The van der Waals surface area contributed by atoms with Gasteiger partial charge in [0.15, 0.2) is 11.5 Å². The number of methoxy groups -OCH3 is 3. The highest BCUT2D eigenvalue weighted by Crippen LogP contribution is 2.52. The van der Waals surface area contributed by atoms with E-state index < -0.39 is 0 Å². The Hall–Kier alpha value is -3.60. The molecule has 5 heteroatoms. The molecule has 0 spiro atoms. The van der Waals surface area contributed by atoms with Gasteiger partial charge in [-0.05, 0) is 72.2 Å². The Kier molecular flexibility index (Phi) is 6.84. The highest BCUT2D eigenvalue weighted by molar-refractivity contribution is 5.63. The van der Waals surface area contributed by atoms with Crippen LogP contribution in [0.1, 0.15) is 41.5 Å². The molecule has 1 aliphatic heterocycles. The number of hydrogen-bond donors (Lipinski definition) is 1. The molecule has 1 heterocycles. The summed E-state index contributed by atoms with van der Waals surface area (Å²) in [6.45, 7) is 0.707. The van der Waals surface area contributed by atoms with E-state index in [4.69, 9.17) is 18.9 Å². The molecule has 0 aromatic heterocycles. The summed E-state index contributed by atoms with van der Waals surface area (Å²) in [5.74, 6) is 3.64. The van der Waals surface area contributed by atoms with Crippen LogP contribution in [0.4, 0.5) is 5.69 Å². The third kappa shape index (κ3) is 4.68. The van der Waals surface area contributed by atoms with Crippen molar-refractivity contribution < 1.29 is 18.9 Å². The smallest absolute Gasteiger partial charge is 0.203 e. The van der Waals surface area contributed by atoms with Gasteiger partial charge in [0.2, 0.25) is 5.75 Å². The number of fused-ring (bicyclic) bond motifs is 3. The van der Waals surface area contributed by atoms with Crippen molar-refractivity contribution in [3.05, 3.63) is 89.5 Å². The number of allylic oxidation sites excluding steroid dienone is 2. The minimum absolute atomic E-state index is 0.133. The van der Waals surface area contributed by atoms with Gasteiger partial charge in [0, 0.05) is 11.6 Å². The van der Waals surface area contributed by atoms with Gasteiger partial charge in [0.05, 0.1) is 34.0 Å². The standard InChI is InChI=1S/C30H33NO4/c1-32-27-17-21(18-28(33-2)30(27)34-3)29-24-13-7-12-23(24)25-19-22(14-15-26(25)31-29)35-16-8-11-20-9-5-4-6-10-20/h4-7,9-10,12,14-15,17-19,23-24,29,31H,8,11,13,16H2,1-3H3. The van der Waals surface area contributed by atoms with Crippen LogP contribution in [0, 0.1) is 5.92 Å². The summed E-state index contributed by atoms with van der Waals surface area (Å²) in [4.78, 5) is 0. The van der Waals surface area contributed by atoms with E-state index in [1.807, 2.05) is 0 Å². The molecule has 1 aliphatic carbocycles. The molecule has 35 heavy (non-hydrogen) atoms. The second-order valence-electron chi connectivity index (χ2n) is 9.12. The minimum Gasteiger partial charge on any atom is -0.494 e. The molecule has 0 radical (unpaired) electrons. The third-order valence-electron chi connectivity index (χ3n) is 7.10. The summed E-state index contributed by atoms with van der Waals surface area (Å²) < 4.78 is 22.9. The van der Waals surface area contributed by atoms with Gasteiger partial charge in [0.25, 0.3) is 0 Å². The normalized spacial score (nSPS) is 19.9. The van der Waals surface area contributed by atoms with Gasteiger partial charge in [-0.15, -0.1) is 0 Å². The van der Waals surface area contributed by atoms with Crippen LogP contribution in [0.5, 0.6) is 23.0 Å². The SMILES string of the molecule is COc1cc(C2Nc3ccc(OCCCc4ccccc4)cc3C3C=CCC32)cc(OC)c1OC. The first-order chi connectivity index (χ1) is 17.2. The summed E-state index contributed by atoms with van der Waals surface area (Å²) in [6.07, 6.45) is 7.67. The maximum Gasteiger partial charge on any atom is 0.203 e. The lowest BCUT2D eigenvalue weighted by atomic mass is 9.77. The van der Waals surface area contributed by atoms with E-state index in [0.717, 1.165) is 36.3 Å². The second kappa shape index (κ2) is 10.3. The summed E-state index contributed by atoms with van der Waals surface area (Å²) in [5.41, 5.74) is 4.92. The Morgan fingerprint density at radius 2 is 1.66 bits per heavy atom. The van der Waals surface area contributed by atoms with Crippen LogP contribution in [0.2, 0.25) is 0 Å². The topological polar surface area (TPSA) is 49.0 Å². The van der Waals surface area contributed by atoms with Crippen LogP contribution in [0.3, 0.4) is 0 Å². The van der Waals surface area contributed by atoms with Gasteiger partial charge in [0.1, 0.15) is 5.75 Å². The maximum absolute atomic E-state index is 6.14. The first kappa shape index (κ1) is 23.2. The molecule has 3 atom stereocenters. The van der Waals surface area contributed by atoms with E-state index in [2.05, 4.69) is 78.1 Å². The van der Waals surface area contributed by atoms with Gasteiger partial charge >= 0.3 is 0 Å². The Bertz CT molecular complexity index is 1170. The van der Waals surface area contributed by atoms with Gasteiger partial charge in [-0.1, -0.05) is 42.5 Å². The van der Waals surface area contributed by atoms with E-state index in [1.54, 1.807) is 21.3 Å². The van der Waals surface area contributed by atoms with Gasteiger partial charge in [-0.2, -0.15) is 0 Å². The number of nitrogens with one attached hydrogen (secondary N) is 1. The Morgan fingerprint density at radius 1 is 0.886 bits per heavy atom. The number of benzene rings is 3. The number of anilines is 1. The average molecular weight is 472 g/mol. The highest BCUT2D eigenvalue weighted by atomic mass is 16.5. The molecular weight excluding hydrogens is 438 g/mol. The fourth-order valence-corrected chi connectivity index (χ4v) is 5.38. The van der Waals surface area contributed by atoms with Crippen LogP contribution in [-0.2, 0) is 6.42 Å². The molecule has 0 fully saturated rings. The van der Waals surface area contributed by atoms with Crippen LogP contribution in [-0.4, -0.2) is 27.9 Å². The molecular formula is C30H33NO4. The van der Waals surface area contributed by atoms with Crippen molar-refractivity contribution in [2.75, 3.05) is 33.3 Å². The zero-order valence-electron chi connectivity index (χ0n) is 20.6. The quantitative estimate of drug-likeness (QED) is 0.283. The van der Waals surface area contributed by atoms with Crippen molar-refractivity contribution in [3.63, 3.8) is 0 Å². The monoisotopic (exact) mass is 471 g/mol. The van der Waals surface area contributed by atoms with E-state index in [0.29, 0.717) is 35.7 Å². The summed E-state index contributed by atoms with van der Waals surface area (Å²) in [6, 6.07) is 21.2. The van der Waals surface area contributed by atoms with Crippen LogP contribution in [0.15, 0.2) is 72.8 Å². The molecule has 0 amide bonds. The molecule has 5 rings (SSSR count). The number of hydrogen-bond acceptors (Lipinski definition) is 5. The fraction of sp³-hybridized carbons (Fsp3) is 0.333. The van der Waals surface area contributed by atoms with E-state index in [-0.39, 0.29) is 6.04 Å².